The lowest BCUT2D eigenvalue weighted by molar-refractivity contribution is 0.692. The lowest BCUT2D eigenvalue weighted by atomic mass is 9.87. The second-order valence-corrected chi connectivity index (χ2v) is 6.14. The van der Waals surface area contributed by atoms with Crippen LogP contribution in [0.5, 0.6) is 0 Å². The van der Waals surface area contributed by atoms with Gasteiger partial charge in [-0.25, -0.2) is 0 Å². The highest BCUT2D eigenvalue weighted by atomic mass is 14.5. The Hall–Kier alpha value is -2.12. The standard InChI is InChI=1S/C21H23N/c1-15-10-11-16(2)21(12-15)19(14-22)13-18-8-5-7-17-6-3-4-9-20(17)18/h3-12,19H,13-14,22H2,1-2H3. The molecule has 0 saturated heterocycles. The van der Waals surface area contributed by atoms with Crippen LogP contribution in [-0.4, -0.2) is 6.54 Å². The molecule has 3 aromatic rings. The van der Waals surface area contributed by atoms with E-state index in [2.05, 4.69) is 74.5 Å². The van der Waals surface area contributed by atoms with Crippen molar-refractivity contribution in [2.24, 2.45) is 5.73 Å². The van der Waals surface area contributed by atoms with Crippen LogP contribution < -0.4 is 5.73 Å². The van der Waals surface area contributed by atoms with E-state index in [0.29, 0.717) is 12.5 Å². The molecular formula is C21H23N. The monoisotopic (exact) mass is 289 g/mol. The lowest BCUT2D eigenvalue weighted by Gasteiger charge is -2.19. The van der Waals surface area contributed by atoms with Crippen LogP contribution in [0.15, 0.2) is 60.7 Å². The summed E-state index contributed by atoms with van der Waals surface area (Å²) in [5.41, 5.74) is 11.5. The highest BCUT2D eigenvalue weighted by Gasteiger charge is 2.14. The van der Waals surface area contributed by atoms with Crippen molar-refractivity contribution < 1.29 is 0 Å². The van der Waals surface area contributed by atoms with Gasteiger partial charge in [-0.05, 0) is 54.3 Å². The molecule has 0 aromatic heterocycles. The van der Waals surface area contributed by atoms with Crippen molar-refractivity contribution in [3.63, 3.8) is 0 Å². The number of benzene rings is 3. The Kier molecular flexibility index (Phi) is 4.26. The van der Waals surface area contributed by atoms with Gasteiger partial charge in [0.2, 0.25) is 0 Å². The molecule has 22 heavy (non-hydrogen) atoms. The first kappa shape index (κ1) is 14.8. The molecule has 0 fully saturated rings. The Morgan fingerprint density at radius 1 is 0.909 bits per heavy atom. The Morgan fingerprint density at radius 3 is 2.50 bits per heavy atom. The maximum Gasteiger partial charge on any atom is 0.000451 e. The minimum absolute atomic E-state index is 0.366. The predicted molar refractivity (Wildman–Crippen MR) is 95.4 cm³/mol. The summed E-state index contributed by atoms with van der Waals surface area (Å²) >= 11 is 0. The number of hydrogen-bond acceptors (Lipinski definition) is 1. The summed E-state index contributed by atoms with van der Waals surface area (Å²) in [5, 5.41) is 2.64. The molecule has 0 bridgehead atoms. The minimum atomic E-state index is 0.366. The van der Waals surface area contributed by atoms with Gasteiger partial charge < -0.3 is 5.73 Å². The molecular weight excluding hydrogens is 266 g/mol. The van der Waals surface area contributed by atoms with E-state index < -0.39 is 0 Å². The first-order valence-corrected chi connectivity index (χ1v) is 7.93. The average Bonchev–Trinajstić information content (AvgIpc) is 2.55. The van der Waals surface area contributed by atoms with E-state index in [9.17, 15) is 0 Å². The molecule has 0 aliphatic carbocycles. The maximum atomic E-state index is 6.12. The zero-order chi connectivity index (χ0) is 15.5. The molecule has 0 aliphatic heterocycles. The van der Waals surface area contributed by atoms with Gasteiger partial charge in [-0.2, -0.15) is 0 Å². The molecule has 0 amide bonds. The Balaban J connectivity index is 2.00. The van der Waals surface area contributed by atoms with Crippen molar-refractivity contribution in [1.82, 2.24) is 0 Å². The zero-order valence-electron chi connectivity index (χ0n) is 13.3. The first-order chi connectivity index (χ1) is 10.7. The normalized spacial score (nSPS) is 12.5. The van der Waals surface area contributed by atoms with Crippen molar-refractivity contribution in [3.05, 3.63) is 82.9 Å². The summed E-state index contributed by atoms with van der Waals surface area (Å²) in [7, 11) is 0. The van der Waals surface area contributed by atoms with E-state index in [-0.39, 0.29) is 0 Å². The van der Waals surface area contributed by atoms with E-state index in [1.54, 1.807) is 0 Å². The first-order valence-electron chi connectivity index (χ1n) is 7.93. The third-order valence-electron chi connectivity index (χ3n) is 4.51. The molecule has 1 nitrogen and oxygen atoms in total. The number of rotatable bonds is 4. The quantitative estimate of drug-likeness (QED) is 0.737. The summed E-state index contributed by atoms with van der Waals surface area (Å²) in [6.07, 6.45) is 0.988. The molecule has 0 spiro atoms. The number of nitrogens with two attached hydrogens (primary N) is 1. The third kappa shape index (κ3) is 2.90. The molecule has 0 aliphatic rings. The van der Waals surface area contributed by atoms with Crippen LogP contribution in [0.4, 0.5) is 0 Å². The fourth-order valence-electron chi connectivity index (χ4n) is 3.26. The topological polar surface area (TPSA) is 26.0 Å². The molecule has 3 aromatic carbocycles. The Morgan fingerprint density at radius 2 is 1.68 bits per heavy atom. The lowest BCUT2D eigenvalue weighted by Crippen LogP contribution is -2.16. The number of hydrogen-bond donors (Lipinski definition) is 1. The van der Waals surface area contributed by atoms with Crippen molar-refractivity contribution in [1.29, 1.82) is 0 Å². The summed E-state index contributed by atoms with van der Waals surface area (Å²) in [4.78, 5) is 0. The molecule has 1 heteroatoms. The number of aryl methyl sites for hydroxylation is 2. The minimum Gasteiger partial charge on any atom is -0.330 e. The van der Waals surface area contributed by atoms with Crippen molar-refractivity contribution >= 4 is 10.8 Å². The molecule has 1 atom stereocenters. The van der Waals surface area contributed by atoms with Crippen LogP contribution in [-0.2, 0) is 6.42 Å². The van der Waals surface area contributed by atoms with E-state index in [1.165, 1.54) is 33.0 Å². The highest BCUT2D eigenvalue weighted by molar-refractivity contribution is 5.85. The molecule has 1 unspecified atom stereocenters. The SMILES string of the molecule is Cc1ccc(C)c(C(CN)Cc2cccc3ccccc23)c1. The van der Waals surface area contributed by atoms with E-state index in [1.807, 2.05) is 0 Å². The van der Waals surface area contributed by atoms with Gasteiger partial charge >= 0.3 is 0 Å². The van der Waals surface area contributed by atoms with Crippen LogP contribution in [0.2, 0.25) is 0 Å². The van der Waals surface area contributed by atoms with E-state index in [0.717, 1.165) is 6.42 Å². The molecule has 3 rings (SSSR count). The van der Waals surface area contributed by atoms with Crippen molar-refractivity contribution in [2.45, 2.75) is 26.2 Å². The molecule has 112 valence electrons. The second kappa shape index (κ2) is 6.33. The summed E-state index contributed by atoms with van der Waals surface area (Å²) in [6.45, 7) is 5.00. The average molecular weight is 289 g/mol. The summed E-state index contributed by atoms with van der Waals surface area (Å²) in [6, 6.07) is 21.8. The van der Waals surface area contributed by atoms with Gasteiger partial charge in [-0.3, -0.25) is 0 Å². The highest BCUT2D eigenvalue weighted by Crippen LogP contribution is 2.27. The summed E-state index contributed by atoms with van der Waals surface area (Å²) in [5.74, 6) is 0.366. The van der Waals surface area contributed by atoms with E-state index in [4.69, 9.17) is 5.73 Å². The van der Waals surface area contributed by atoms with Crippen LogP contribution in [0.1, 0.15) is 28.2 Å². The fraction of sp³-hybridized carbons (Fsp3) is 0.238. The smallest absolute Gasteiger partial charge is 0.000451 e. The largest absolute Gasteiger partial charge is 0.330 e. The van der Waals surface area contributed by atoms with Gasteiger partial charge in [0.05, 0.1) is 0 Å². The van der Waals surface area contributed by atoms with Crippen LogP contribution >= 0.6 is 0 Å². The van der Waals surface area contributed by atoms with Crippen LogP contribution in [0.3, 0.4) is 0 Å². The molecule has 0 saturated carbocycles. The molecule has 0 heterocycles. The molecule has 2 N–H and O–H groups in total. The van der Waals surface area contributed by atoms with E-state index >= 15 is 0 Å². The zero-order valence-corrected chi connectivity index (χ0v) is 13.3. The van der Waals surface area contributed by atoms with Crippen LogP contribution in [0, 0.1) is 13.8 Å². The third-order valence-corrected chi connectivity index (χ3v) is 4.51. The number of fused-ring (bicyclic) bond motifs is 1. The maximum absolute atomic E-state index is 6.12. The van der Waals surface area contributed by atoms with Gasteiger partial charge in [0.1, 0.15) is 0 Å². The molecule has 0 radical (unpaired) electrons. The second-order valence-electron chi connectivity index (χ2n) is 6.14. The van der Waals surface area contributed by atoms with Gasteiger partial charge in [0.25, 0.3) is 0 Å². The summed E-state index contributed by atoms with van der Waals surface area (Å²) < 4.78 is 0. The van der Waals surface area contributed by atoms with Gasteiger partial charge in [-0.15, -0.1) is 0 Å². The van der Waals surface area contributed by atoms with Crippen molar-refractivity contribution in [3.8, 4) is 0 Å². The Bertz CT molecular complexity index is 784. The van der Waals surface area contributed by atoms with Gasteiger partial charge in [0.15, 0.2) is 0 Å². The van der Waals surface area contributed by atoms with Crippen LogP contribution in [0.25, 0.3) is 10.8 Å². The van der Waals surface area contributed by atoms with Gasteiger partial charge in [-0.1, -0.05) is 66.2 Å². The van der Waals surface area contributed by atoms with Gasteiger partial charge in [0, 0.05) is 5.92 Å². The van der Waals surface area contributed by atoms with Crippen molar-refractivity contribution in [2.75, 3.05) is 6.54 Å². The fourth-order valence-corrected chi connectivity index (χ4v) is 3.26. The predicted octanol–water partition coefficient (Wildman–Crippen LogP) is 4.74. The Labute approximate surface area is 132 Å².